The van der Waals surface area contributed by atoms with E-state index in [2.05, 4.69) is 16.7 Å². The highest BCUT2D eigenvalue weighted by Gasteiger charge is 2.18. The van der Waals surface area contributed by atoms with Crippen molar-refractivity contribution in [3.63, 3.8) is 0 Å². The molecule has 1 N–H and O–H groups in total. The van der Waals surface area contributed by atoms with E-state index in [1.807, 2.05) is 36.4 Å². The number of likely N-dealkylation sites (N-methyl/N-ethyl adjacent to an activating group) is 1. The monoisotopic (exact) mass is 327 g/mol. The summed E-state index contributed by atoms with van der Waals surface area (Å²) in [4.78, 5) is 17.1. The molecular formula is C19H25N3O2. The van der Waals surface area contributed by atoms with Gasteiger partial charge in [0.1, 0.15) is 0 Å². The maximum Gasteiger partial charge on any atom is 0.293 e. The summed E-state index contributed by atoms with van der Waals surface area (Å²) >= 11 is 0. The van der Waals surface area contributed by atoms with Gasteiger partial charge in [-0.2, -0.15) is 0 Å². The number of nitrogens with zero attached hydrogens (tertiary/aromatic N) is 3. The SMILES string of the molecule is CCN1CCN(Cc2ccn(Cc3ccccc3)c(=O)c2O)CC1. The topological polar surface area (TPSA) is 48.7 Å². The van der Waals surface area contributed by atoms with E-state index < -0.39 is 0 Å². The fraction of sp³-hybridized carbons (Fsp3) is 0.421. The number of aromatic nitrogens is 1. The first-order valence-electron chi connectivity index (χ1n) is 8.57. The number of aromatic hydroxyl groups is 1. The third-order valence-corrected chi connectivity index (χ3v) is 4.73. The van der Waals surface area contributed by atoms with Crippen molar-refractivity contribution in [2.75, 3.05) is 32.7 Å². The number of hydrogen-bond donors (Lipinski definition) is 1. The fourth-order valence-electron chi connectivity index (χ4n) is 3.14. The summed E-state index contributed by atoms with van der Waals surface area (Å²) in [5, 5.41) is 10.3. The zero-order valence-electron chi connectivity index (χ0n) is 14.2. The van der Waals surface area contributed by atoms with E-state index in [1.165, 1.54) is 0 Å². The second kappa shape index (κ2) is 7.64. The molecule has 2 heterocycles. The molecule has 1 aliphatic rings. The van der Waals surface area contributed by atoms with Crippen molar-refractivity contribution in [3.05, 3.63) is 64.1 Å². The molecule has 1 fully saturated rings. The minimum atomic E-state index is -0.316. The Labute approximate surface area is 142 Å². The van der Waals surface area contributed by atoms with Gasteiger partial charge >= 0.3 is 0 Å². The molecular weight excluding hydrogens is 302 g/mol. The van der Waals surface area contributed by atoms with Crippen molar-refractivity contribution in [3.8, 4) is 5.75 Å². The van der Waals surface area contributed by atoms with Gasteiger partial charge < -0.3 is 14.6 Å². The number of benzene rings is 1. The molecule has 1 aromatic heterocycles. The van der Waals surface area contributed by atoms with Gasteiger partial charge in [-0.25, -0.2) is 0 Å². The van der Waals surface area contributed by atoms with Crippen molar-refractivity contribution in [1.82, 2.24) is 14.4 Å². The van der Waals surface area contributed by atoms with E-state index >= 15 is 0 Å². The maximum atomic E-state index is 12.4. The van der Waals surface area contributed by atoms with Crippen molar-refractivity contribution in [2.24, 2.45) is 0 Å². The molecule has 0 bridgehead atoms. The van der Waals surface area contributed by atoms with Gasteiger partial charge in [-0.15, -0.1) is 0 Å². The average Bonchev–Trinajstić information content (AvgIpc) is 2.63. The molecule has 5 nitrogen and oxygen atoms in total. The lowest BCUT2D eigenvalue weighted by Crippen LogP contribution is -2.45. The summed E-state index contributed by atoms with van der Waals surface area (Å²) in [5.74, 6) is -0.119. The molecule has 0 amide bonds. The van der Waals surface area contributed by atoms with Gasteiger partial charge in [0.25, 0.3) is 5.56 Å². The van der Waals surface area contributed by atoms with Crippen LogP contribution in [0.15, 0.2) is 47.4 Å². The van der Waals surface area contributed by atoms with Gasteiger partial charge in [0, 0.05) is 44.5 Å². The molecule has 24 heavy (non-hydrogen) atoms. The van der Waals surface area contributed by atoms with E-state index in [4.69, 9.17) is 0 Å². The Morgan fingerprint density at radius 3 is 2.29 bits per heavy atom. The quantitative estimate of drug-likeness (QED) is 0.909. The summed E-state index contributed by atoms with van der Waals surface area (Å²) in [6, 6.07) is 11.7. The lowest BCUT2D eigenvalue weighted by molar-refractivity contribution is 0.131. The first-order chi connectivity index (χ1) is 11.7. The van der Waals surface area contributed by atoms with Crippen LogP contribution in [0.2, 0.25) is 0 Å². The molecule has 1 aliphatic heterocycles. The highest BCUT2D eigenvalue weighted by Crippen LogP contribution is 2.15. The smallest absolute Gasteiger partial charge is 0.293 e. The summed E-state index contributed by atoms with van der Waals surface area (Å²) in [5.41, 5.74) is 1.44. The Morgan fingerprint density at radius 2 is 1.62 bits per heavy atom. The van der Waals surface area contributed by atoms with E-state index in [-0.39, 0.29) is 11.3 Å². The van der Waals surface area contributed by atoms with Crippen LogP contribution in [0.4, 0.5) is 0 Å². The van der Waals surface area contributed by atoms with E-state index in [0.29, 0.717) is 18.7 Å². The van der Waals surface area contributed by atoms with Crippen LogP contribution >= 0.6 is 0 Å². The van der Waals surface area contributed by atoms with Gasteiger partial charge in [-0.1, -0.05) is 37.3 Å². The lowest BCUT2D eigenvalue weighted by atomic mass is 10.2. The number of rotatable bonds is 5. The highest BCUT2D eigenvalue weighted by molar-refractivity contribution is 5.29. The summed E-state index contributed by atoms with van der Waals surface area (Å²) < 4.78 is 1.56. The minimum absolute atomic E-state index is 0.119. The van der Waals surface area contributed by atoms with Crippen LogP contribution in [0.25, 0.3) is 0 Å². The van der Waals surface area contributed by atoms with Crippen LogP contribution in [0.5, 0.6) is 5.75 Å². The molecule has 0 radical (unpaired) electrons. The molecule has 0 atom stereocenters. The van der Waals surface area contributed by atoms with Crippen molar-refractivity contribution in [2.45, 2.75) is 20.0 Å². The predicted octanol–water partition coefficient (Wildman–Crippen LogP) is 1.74. The second-order valence-corrected chi connectivity index (χ2v) is 6.32. The summed E-state index contributed by atoms with van der Waals surface area (Å²) in [7, 11) is 0. The predicted molar refractivity (Wildman–Crippen MR) is 95.3 cm³/mol. The van der Waals surface area contributed by atoms with E-state index in [9.17, 15) is 9.90 Å². The highest BCUT2D eigenvalue weighted by atomic mass is 16.3. The van der Waals surface area contributed by atoms with Gasteiger partial charge in [0.2, 0.25) is 0 Å². The van der Waals surface area contributed by atoms with Crippen LogP contribution in [-0.4, -0.2) is 52.2 Å². The van der Waals surface area contributed by atoms with Crippen LogP contribution in [0, 0.1) is 0 Å². The molecule has 1 saturated heterocycles. The molecule has 2 aromatic rings. The zero-order valence-corrected chi connectivity index (χ0v) is 14.2. The largest absolute Gasteiger partial charge is 0.503 e. The van der Waals surface area contributed by atoms with Crippen LogP contribution in [0.1, 0.15) is 18.1 Å². The molecule has 0 spiro atoms. The minimum Gasteiger partial charge on any atom is -0.503 e. The molecule has 128 valence electrons. The normalized spacial score (nSPS) is 16.4. The second-order valence-electron chi connectivity index (χ2n) is 6.32. The third kappa shape index (κ3) is 3.86. The third-order valence-electron chi connectivity index (χ3n) is 4.73. The number of hydrogen-bond acceptors (Lipinski definition) is 4. The summed E-state index contributed by atoms with van der Waals surface area (Å²) in [6.07, 6.45) is 1.78. The van der Waals surface area contributed by atoms with Crippen molar-refractivity contribution >= 4 is 0 Å². The zero-order chi connectivity index (χ0) is 16.9. The standard InChI is InChI=1S/C19H25N3O2/c1-2-20-10-12-21(13-11-20)15-17-8-9-22(19(24)18(17)23)14-16-6-4-3-5-7-16/h3-9,23H,2,10-15H2,1H3. The fourth-order valence-corrected chi connectivity index (χ4v) is 3.14. The Kier molecular flexibility index (Phi) is 5.33. The van der Waals surface area contributed by atoms with E-state index in [1.54, 1.807) is 10.8 Å². The molecule has 0 unspecified atom stereocenters. The van der Waals surface area contributed by atoms with Crippen LogP contribution in [0.3, 0.4) is 0 Å². The van der Waals surface area contributed by atoms with Crippen LogP contribution < -0.4 is 5.56 Å². The van der Waals surface area contributed by atoms with E-state index in [0.717, 1.165) is 38.3 Å². The van der Waals surface area contributed by atoms with Gasteiger partial charge in [-0.3, -0.25) is 9.69 Å². The number of piperazine rings is 1. The maximum absolute atomic E-state index is 12.4. The molecule has 1 aromatic carbocycles. The Bertz CT molecular complexity index is 719. The van der Waals surface area contributed by atoms with Crippen molar-refractivity contribution in [1.29, 1.82) is 0 Å². The molecule has 0 saturated carbocycles. The molecule has 3 rings (SSSR count). The Morgan fingerprint density at radius 1 is 0.958 bits per heavy atom. The first kappa shape index (κ1) is 16.7. The first-order valence-corrected chi connectivity index (χ1v) is 8.57. The lowest BCUT2D eigenvalue weighted by Gasteiger charge is -2.34. The Hall–Kier alpha value is -2.11. The van der Waals surface area contributed by atoms with Crippen molar-refractivity contribution < 1.29 is 5.11 Å². The van der Waals surface area contributed by atoms with Crippen LogP contribution in [-0.2, 0) is 13.1 Å². The molecule has 5 heteroatoms. The Balaban J connectivity index is 1.70. The van der Waals surface area contributed by atoms with Gasteiger partial charge in [-0.05, 0) is 18.2 Å². The van der Waals surface area contributed by atoms with Gasteiger partial charge in [0.15, 0.2) is 5.75 Å². The number of pyridine rings is 1. The molecule has 0 aliphatic carbocycles. The summed E-state index contributed by atoms with van der Waals surface area (Å²) in [6.45, 7) is 8.39. The average molecular weight is 327 g/mol. The van der Waals surface area contributed by atoms with Gasteiger partial charge in [0.05, 0.1) is 6.54 Å².